The zero-order valence-electron chi connectivity index (χ0n) is 19.4. The van der Waals surface area contributed by atoms with Crippen molar-refractivity contribution in [2.75, 3.05) is 45.2 Å². The first-order valence-electron chi connectivity index (χ1n) is 11.2. The van der Waals surface area contributed by atoms with Gasteiger partial charge in [-0.15, -0.1) is 28.5 Å². The number of aromatic nitrogens is 4. The van der Waals surface area contributed by atoms with Gasteiger partial charge in [-0.1, -0.05) is 12.1 Å². The summed E-state index contributed by atoms with van der Waals surface area (Å²) in [5.74, 6) is 1.76. The van der Waals surface area contributed by atoms with Gasteiger partial charge < -0.3 is 29.5 Å². The van der Waals surface area contributed by atoms with Gasteiger partial charge >= 0.3 is 6.36 Å². The van der Waals surface area contributed by atoms with Crippen LogP contribution in [-0.4, -0.2) is 82.5 Å². The molecule has 2 aromatic heterocycles. The normalized spacial score (nSPS) is 16.2. The Morgan fingerprint density at radius 2 is 1.89 bits per heavy atom. The highest BCUT2D eigenvalue weighted by Gasteiger charge is 2.31. The molecule has 0 atom stereocenters. The maximum absolute atomic E-state index is 12.7. The van der Waals surface area contributed by atoms with Crippen LogP contribution in [0.2, 0.25) is 0 Å². The number of ether oxygens (including phenoxy) is 3. The van der Waals surface area contributed by atoms with E-state index >= 15 is 0 Å². The summed E-state index contributed by atoms with van der Waals surface area (Å²) < 4.78 is 55.1. The smallest absolute Gasteiger partial charge is 0.483 e. The van der Waals surface area contributed by atoms with Crippen molar-refractivity contribution in [3.63, 3.8) is 0 Å². The lowest BCUT2D eigenvalue weighted by molar-refractivity contribution is -0.274. The van der Waals surface area contributed by atoms with Crippen LogP contribution in [0.15, 0.2) is 24.3 Å². The molecule has 2 aliphatic rings. The Kier molecular flexibility index (Phi) is 7.62. The van der Waals surface area contributed by atoms with Crippen molar-refractivity contribution in [1.29, 1.82) is 0 Å². The molecule has 36 heavy (non-hydrogen) atoms. The monoisotopic (exact) mass is 510 g/mol. The second-order valence-corrected chi connectivity index (χ2v) is 8.27. The van der Waals surface area contributed by atoms with Crippen molar-refractivity contribution in [1.82, 2.24) is 24.7 Å². The molecular weight excluding hydrogens is 485 g/mol. The van der Waals surface area contributed by atoms with Crippen molar-refractivity contribution >= 4 is 17.9 Å². The van der Waals surface area contributed by atoms with Crippen molar-refractivity contribution in [3.8, 4) is 28.6 Å². The lowest BCUT2D eigenvalue weighted by atomic mass is 9.97. The number of benzene rings is 1. The van der Waals surface area contributed by atoms with Crippen molar-refractivity contribution in [2.45, 2.75) is 19.2 Å². The largest absolute Gasteiger partial charge is 0.573 e. The Morgan fingerprint density at radius 3 is 2.58 bits per heavy atom. The zero-order valence-corrected chi connectivity index (χ0v) is 19.4. The molecule has 194 valence electrons. The molecule has 0 bridgehead atoms. The third kappa shape index (κ3) is 5.87. The van der Waals surface area contributed by atoms with Crippen molar-refractivity contribution in [3.05, 3.63) is 24.3 Å². The number of hydrogen-bond acceptors (Lipinski definition) is 9. The Hall–Kier alpha value is -3.81. The first-order valence-corrected chi connectivity index (χ1v) is 11.2. The van der Waals surface area contributed by atoms with Gasteiger partial charge in [0.1, 0.15) is 19.0 Å². The van der Waals surface area contributed by atoms with Crippen LogP contribution in [0.4, 0.5) is 19.0 Å². The van der Waals surface area contributed by atoms with Gasteiger partial charge in [-0.2, -0.15) is 4.52 Å². The number of anilines is 1. The topological polar surface area (TPSA) is 123 Å². The maximum atomic E-state index is 12.7. The Labute approximate surface area is 203 Å². The van der Waals surface area contributed by atoms with E-state index in [0.29, 0.717) is 54.2 Å². The van der Waals surface area contributed by atoms with E-state index in [1.807, 2.05) is 0 Å². The number of hydrogen-bond donors (Lipinski definition) is 2. The fraction of sp³-hybridized carbons (Fsp3) is 0.455. The molecule has 2 N–H and O–H groups in total. The molecule has 3 aromatic rings. The minimum atomic E-state index is -4.79. The van der Waals surface area contributed by atoms with Crippen LogP contribution in [0.3, 0.4) is 0 Å². The summed E-state index contributed by atoms with van der Waals surface area (Å²) in [5, 5.41) is 23.2. The van der Waals surface area contributed by atoms with E-state index in [2.05, 4.69) is 37.3 Å². The SMILES string of the molecule is CN1CCC(CNc2nn3c(-c4cccc(OC(F)(F)F)c4)nnc3c3c2OCCO3)CC1.O=CO. The van der Waals surface area contributed by atoms with E-state index < -0.39 is 6.36 Å². The summed E-state index contributed by atoms with van der Waals surface area (Å²) in [6, 6.07) is 5.54. The van der Waals surface area contributed by atoms with E-state index in [9.17, 15) is 13.2 Å². The number of piperidine rings is 1. The highest BCUT2D eigenvalue weighted by molar-refractivity contribution is 5.72. The molecule has 0 unspecified atom stereocenters. The fourth-order valence-electron chi connectivity index (χ4n) is 4.06. The molecule has 2 aliphatic heterocycles. The minimum absolute atomic E-state index is 0.250. The van der Waals surface area contributed by atoms with Gasteiger partial charge in [0.15, 0.2) is 11.6 Å². The number of likely N-dealkylation sites (tertiary alicyclic amines) is 1. The van der Waals surface area contributed by atoms with E-state index in [1.54, 1.807) is 6.07 Å². The van der Waals surface area contributed by atoms with Crippen LogP contribution in [0.25, 0.3) is 17.0 Å². The molecule has 4 heterocycles. The summed E-state index contributed by atoms with van der Waals surface area (Å²) in [5.41, 5.74) is 0.696. The summed E-state index contributed by atoms with van der Waals surface area (Å²) in [6.07, 6.45) is -2.64. The Balaban J connectivity index is 0.000000967. The van der Waals surface area contributed by atoms with Crippen LogP contribution < -0.4 is 19.5 Å². The predicted octanol–water partition coefficient (Wildman–Crippen LogP) is 2.92. The molecule has 0 radical (unpaired) electrons. The van der Waals surface area contributed by atoms with Gasteiger partial charge in [0.05, 0.1) is 0 Å². The van der Waals surface area contributed by atoms with E-state index in [0.717, 1.165) is 25.9 Å². The molecule has 0 aliphatic carbocycles. The minimum Gasteiger partial charge on any atom is -0.483 e. The van der Waals surface area contributed by atoms with Crippen molar-refractivity contribution in [2.24, 2.45) is 5.92 Å². The Morgan fingerprint density at radius 1 is 1.19 bits per heavy atom. The average Bonchev–Trinajstić information content (AvgIpc) is 3.27. The quantitative estimate of drug-likeness (QED) is 0.495. The van der Waals surface area contributed by atoms with Crippen LogP contribution in [0, 0.1) is 5.92 Å². The van der Waals surface area contributed by atoms with Gasteiger partial charge in [0.25, 0.3) is 6.47 Å². The second-order valence-electron chi connectivity index (χ2n) is 8.27. The van der Waals surface area contributed by atoms with Crippen molar-refractivity contribution < 1.29 is 37.3 Å². The van der Waals surface area contributed by atoms with Crippen LogP contribution in [0.5, 0.6) is 17.2 Å². The standard InChI is InChI=1S/C21H23F3N6O3.CH2O2/c1-29-7-5-13(6-8-29)12-25-18-16-17(32-10-9-31-16)20-27-26-19(30(20)28-18)14-3-2-4-15(11-14)33-21(22,23)24;2-1-3/h2-4,11,13H,5-10,12H2,1H3,(H,25,28);1H,(H,2,3). The molecule has 1 aromatic carbocycles. The summed E-state index contributed by atoms with van der Waals surface area (Å²) in [4.78, 5) is 10.7. The number of nitrogens with one attached hydrogen (secondary N) is 1. The third-order valence-corrected chi connectivity index (χ3v) is 5.76. The number of alkyl halides is 3. The fourth-order valence-corrected chi connectivity index (χ4v) is 4.06. The molecular formula is C22H25F3N6O5. The summed E-state index contributed by atoms with van der Waals surface area (Å²) in [6.45, 7) is 3.28. The number of nitrogens with zero attached hydrogens (tertiary/aromatic N) is 5. The molecule has 14 heteroatoms. The zero-order chi connectivity index (χ0) is 25.7. The van der Waals surface area contributed by atoms with Crippen LogP contribution in [-0.2, 0) is 4.79 Å². The van der Waals surface area contributed by atoms with Crippen LogP contribution >= 0.6 is 0 Å². The molecule has 1 fully saturated rings. The van der Waals surface area contributed by atoms with E-state index in [-0.39, 0.29) is 18.0 Å². The van der Waals surface area contributed by atoms with E-state index in [4.69, 9.17) is 19.4 Å². The highest BCUT2D eigenvalue weighted by atomic mass is 19.4. The van der Waals surface area contributed by atoms with Gasteiger partial charge in [-0.3, -0.25) is 4.79 Å². The molecule has 0 saturated carbocycles. The number of carbonyl (C=O) groups is 1. The summed E-state index contributed by atoms with van der Waals surface area (Å²) >= 11 is 0. The van der Waals surface area contributed by atoms with Gasteiger partial charge in [0.2, 0.25) is 17.1 Å². The lowest BCUT2D eigenvalue weighted by Crippen LogP contribution is -2.33. The average molecular weight is 510 g/mol. The number of fused-ring (bicyclic) bond motifs is 3. The predicted molar refractivity (Wildman–Crippen MR) is 121 cm³/mol. The molecule has 0 spiro atoms. The molecule has 11 nitrogen and oxygen atoms in total. The maximum Gasteiger partial charge on any atom is 0.573 e. The highest BCUT2D eigenvalue weighted by Crippen LogP contribution is 2.40. The second kappa shape index (κ2) is 10.8. The molecule has 0 amide bonds. The molecule has 5 rings (SSSR count). The number of carboxylic acid groups (broad SMARTS) is 1. The first kappa shape index (κ1) is 25.3. The van der Waals surface area contributed by atoms with Crippen LogP contribution in [0.1, 0.15) is 12.8 Å². The summed E-state index contributed by atoms with van der Waals surface area (Å²) in [7, 11) is 2.11. The van der Waals surface area contributed by atoms with E-state index in [1.165, 1.54) is 22.7 Å². The Bertz CT molecular complexity index is 1200. The third-order valence-electron chi connectivity index (χ3n) is 5.76. The van der Waals surface area contributed by atoms with Gasteiger partial charge in [-0.05, 0) is 51.0 Å². The number of rotatable bonds is 5. The van der Waals surface area contributed by atoms with Gasteiger partial charge in [0, 0.05) is 12.1 Å². The van der Waals surface area contributed by atoms with Gasteiger partial charge in [-0.25, -0.2) is 0 Å². The lowest BCUT2D eigenvalue weighted by Gasteiger charge is -2.29. The molecule has 1 saturated heterocycles. The first-order chi connectivity index (χ1) is 17.3. The number of halogens is 3.